The van der Waals surface area contributed by atoms with Crippen LogP contribution < -0.4 is 14.8 Å². The molecule has 0 saturated carbocycles. The van der Waals surface area contributed by atoms with E-state index in [1.54, 1.807) is 7.11 Å². The molecule has 0 aliphatic carbocycles. The molecule has 0 unspecified atom stereocenters. The third kappa shape index (κ3) is 4.61. The molecule has 5 nitrogen and oxygen atoms in total. The molecular formula is C18H28N2O3. The van der Waals surface area contributed by atoms with E-state index in [1.165, 1.54) is 0 Å². The summed E-state index contributed by atoms with van der Waals surface area (Å²) in [6.45, 7) is 7.84. The number of hydrogen-bond acceptors (Lipinski definition) is 4. The van der Waals surface area contributed by atoms with Crippen LogP contribution in [-0.2, 0) is 11.3 Å². The van der Waals surface area contributed by atoms with E-state index in [-0.39, 0.29) is 11.8 Å². The molecule has 1 aliphatic rings. The Balaban J connectivity index is 2.07. The molecule has 1 aromatic carbocycles. The summed E-state index contributed by atoms with van der Waals surface area (Å²) >= 11 is 0. The molecule has 2 rings (SSSR count). The first-order valence-electron chi connectivity index (χ1n) is 8.48. The van der Waals surface area contributed by atoms with Gasteiger partial charge in [0.25, 0.3) is 0 Å². The van der Waals surface area contributed by atoms with E-state index in [4.69, 9.17) is 9.47 Å². The lowest BCUT2D eigenvalue weighted by atomic mass is 10.0. The van der Waals surface area contributed by atoms with Gasteiger partial charge >= 0.3 is 0 Å². The van der Waals surface area contributed by atoms with Gasteiger partial charge in [0.2, 0.25) is 5.91 Å². The summed E-state index contributed by atoms with van der Waals surface area (Å²) in [5, 5.41) is 3.16. The van der Waals surface area contributed by atoms with Crippen molar-refractivity contribution in [1.29, 1.82) is 0 Å². The Morgan fingerprint density at radius 3 is 2.61 bits per heavy atom. The second-order valence-corrected chi connectivity index (χ2v) is 5.95. The molecule has 128 valence electrons. The van der Waals surface area contributed by atoms with Gasteiger partial charge in [-0.1, -0.05) is 19.9 Å². The zero-order valence-electron chi connectivity index (χ0n) is 14.4. The van der Waals surface area contributed by atoms with Crippen molar-refractivity contribution in [1.82, 2.24) is 10.2 Å². The minimum atomic E-state index is 0.135. The molecule has 1 aliphatic heterocycles. The normalized spacial score (nSPS) is 14.2. The number of rotatable bonds is 9. The molecule has 1 fully saturated rings. The van der Waals surface area contributed by atoms with E-state index < -0.39 is 0 Å². The number of benzene rings is 1. The molecule has 0 aromatic heterocycles. The number of carbonyl (C=O) groups excluding carboxylic acids is 1. The monoisotopic (exact) mass is 320 g/mol. The molecule has 1 N–H and O–H groups in total. The fraction of sp³-hybridized carbons (Fsp3) is 0.611. The number of methoxy groups -OCH3 is 1. The third-order valence-corrected chi connectivity index (χ3v) is 4.00. The van der Waals surface area contributed by atoms with Crippen LogP contribution in [0.2, 0.25) is 0 Å². The van der Waals surface area contributed by atoms with Crippen molar-refractivity contribution in [3.05, 3.63) is 23.8 Å². The van der Waals surface area contributed by atoms with Crippen molar-refractivity contribution in [3.8, 4) is 11.5 Å². The maximum Gasteiger partial charge on any atom is 0.228 e. The molecule has 1 heterocycles. The van der Waals surface area contributed by atoms with Crippen LogP contribution in [0.25, 0.3) is 0 Å². The lowest BCUT2D eigenvalue weighted by molar-refractivity contribution is -0.137. The lowest BCUT2D eigenvalue weighted by Crippen LogP contribution is -2.52. The van der Waals surface area contributed by atoms with Gasteiger partial charge in [0.1, 0.15) is 0 Å². The highest BCUT2D eigenvalue weighted by atomic mass is 16.5. The van der Waals surface area contributed by atoms with Gasteiger partial charge in [-0.05, 0) is 30.5 Å². The summed E-state index contributed by atoms with van der Waals surface area (Å²) in [6, 6.07) is 5.92. The first-order valence-corrected chi connectivity index (χ1v) is 8.48. The second-order valence-electron chi connectivity index (χ2n) is 5.95. The van der Waals surface area contributed by atoms with Crippen LogP contribution in [0, 0.1) is 5.92 Å². The number of carbonyl (C=O) groups is 1. The Morgan fingerprint density at radius 1 is 1.26 bits per heavy atom. The fourth-order valence-electron chi connectivity index (χ4n) is 2.62. The summed E-state index contributed by atoms with van der Waals surface area (Å²) in [7, 11) is 1.65. The van der Waals surface area contributed by atoms with Crippen molar-refractivity contribution in [3.63, 3.8) is 0 Å². The maximum absolute atomic E-state index is 12.5. The topological polar surface area (TPSA) is 50.8 Å². The van der Waals surface area contributed by atoms with E-state index in [1.807, 2.05) is 23.1 Å². The molecule has 0 radical (unpaired) electrons. The molecule has 5 heteroatoms. The number of ether oxygens (including phenoxy) is 2. The number of amides is 1. The van der Waals surface area contributed by atoms with Gasteiger partial charge in [-0.3, -0.25) is 4.79 Å². The predicted molar refractivity (Wildman–Crippen MR) is 90.8 cm³/mol. The van der Waals surface area contributed by atoms with Crippen molar-refractivity contribution < 1.29 is 14.3 Å². The number of nitrogens with one attached hydrogen (secondary N) is 1. The maximum atomic E-state index is 12.5. The van der Waals surface area contributed by atoms with Gasteiger partial charge in [0.15, 0.2) is 11.5 Å². The molecule has 1 amide bonds. The Morgan fingerprint density at radius 2 is 2.04 bits per heavy atom. The SMILES string of the molecule is CCCOc1ccc(CN(CCC)C(=O)C2CNC2)cc1OC. The molecule has 1 saturated heterocycles. The van der Waals surface area contributed by atoms with Gasteiger partial charge in [-0.15, -0.1) is 0 Å². The highest BCUT2D eigenvalue weighted by Gasteiger charge is 2.29. The molecule has 0 bridgehead atoms. The lowest BCUT2D eigenvalue weighted by Gasteiger charge is -2.32. The first kappa shape index (κ1) is 17.6. The van der Waals surface area contributed by atoms with Crippen LogP contribution in [0.3, 0.4) is 0 Å². The summed E-state index contributed by atoms with van der Waals surface area (Å²) < 4.78 is 11.1. The minimum Gasteiger partial charge on any atom is -0.493 e. The van der Waals surface area contributed by atoms with Crippen molar-refractivity contribution in [2.24, 2.45) is 5.92 Å². The van der Waals surface area contributed by atoms with Crippen LogP contribution in [0.4, 0.5) is 0 Å². The average molecular weight is 320 g/mol. The Bertz CT molecular complexity index is 515. The molecular weight excluding hydrogens is 292 g/mol. The zero-order chi connectivity index (χ0) is 16.7. The fourth-order valence-corrected chi connectivity index (χ4v) is 2.62. The minimum absolute atomic E-state index is 0.135. The summed E-state index contributed by atoms with van der Waals surface area (Å²) in [6.07, 6.45) is 1.92. The van der Waals surface area contributed by atoms with E-state index in [0.29, 0.717) is 13.2 Å². The number of nitrogens with zero attached hydrogens (tertiary/aromatic N) is 1. The van der Waals surface area contributed by atoms with Gasteiger partial charge in [0, 0.05) is 26.2 Å². The van der Waals surface area contributed by atoms with Crippen LogP contribution in [0.5, 0.6) is 11.5 Å². The zero-order valence-corrected chi connectivity index (χ0v) is 14.4. The van der Waals surface area contributed by atoms with Crippen LogP contribution in [-0.4, -0.2) is 44.2 Å². The van der Waals surface area contributed by atoms with Gasteiger partial charge in [0.05, 0.1) is 19.6 Å². The van der Waals surface area contributed by atoms with Crippen molar-refractivity contribution in [2.75, 3.05) is 33.4 Å². The van der Waals surface area contributed by atoms with E-state index >= 15 is 0 Å². The van der Waals surface area contributed by atoms with Gasteiger partial charge in [-0.2, -0.15) is 0 Å². The Labute approximate surface area is 139 Å². The molecule has 23 heavy (non-hydrogen) atoms. The van der Waals surface area contributed by atoms with Crippen LogP contribution in [0.15, 0.2) is 18.2 Å². The molecule has 1 aromatic rings. The first-order chi connectivity index (χ1) is 11.2. The standard InChI is InChI=1S/C18H28N2O3/c1-4-8-20(18(21)15-11-19-12-15)13-14-6-7-16(23-9-5-2)17(10-14)22-3/h6-7,10,15,19H,4-5,8-9,11-13H2,1-3H3. The van der Waals surface area contributed by atoms with Gasteiger partial charge in [-0.25, -0.2) is 0 Å². The third-order valence-electron chi connectivity index (χ3n) is 4.00. The summed E-state index contributed by atoms with van der Waals surface area (Å²) in [5.74, 6) is 1.87. The predicted octanol–water partition coefficient (Wildman–Crippen LogP) is 2.44. The smallest absolute Gasteiger partial charge is 0.228 e. The van der Waals surface area contributed by atoms with Crippen molar-refractivity contribution in [2.45, 2.75) is 33.2 Å². The second kappa shape index (κ2) is 8.77. The van der Waals surface area contributed by atoms with Gasteiger partial charge < -0.3 is 19.7 Å². The van der Waals surface area contributed by atoms with Crippen molar-refractivity contribution >= 4 is 5.91 Å². The van der Waals surface area contributed by atoms with Crippen LogP contribution in [0.1, 0.15) is 32.3 Å². The highest BCUT2D eigenvalue weighted by molar-refractivity contribution is 5.80. The average Bonchev–Trinajstić information content (AvgIpc) is 2.51. The van der Waals surface area contributed by atoms with E-state index in [2.05, 4.69) is 19.2 Å². The Kier molecular flexibility index (Phi) is 6.71. The quantitative estimate of drug-likeness (QED) is 0.759. The molecule has 0 atom stereocenters. The highest BCUT2D eigenvalue weighted by Crippen LogP contribution is 2.29. The Hall–Kier alpha value is -1.75. The summed E-state index contributed by atoms with van der Waals surface area (Å²) in [5.41, 5.74) is 1.07. The van der Waals surface area contributed by atoms with Crippen LogP contribution >= 0.6 is 0 Å². The number of hydrogen-bond donors (Lipinski definition) is 1. The van der Waals surface area contributed by atoms with E-state index in [0.717, 1.165) is 49.5 Å². The van der Waals surface area contributed by atoms with E-state index in [9.17, 15) is 4.79 Å². The molecule has 0 spiro atoms. The largest absolute Gasteiger partial charge is 0.493 e. The summed E-state index contributed by atoms with van der Waals surface area (Å²) in [4.78, 5) is 14.5.